The van der Waals surface area contributed by atoms with Gasteiger partial charge in [0.1, 0.15) is 5.82 Å². The fourth-order valence-corrected chi connectivity index (χ4v) is 2.19. The Hall–Kier alpha value is -1.16. The van der Waals surface area contributed by atoms with Crippen molar-refractivity contribution < 1.29 is 4.39 Å². The Morgan fingerprint density at radius 3 is 2.80 bits per heavy atom. The van der Waals surface area contributed by atoms with Crippen molar-refractivity contribution in [3.05, 3.63) is 35.6 Å². The van der Waals surface area contributed by atoms with Crippen molar-refractivity contribution in [3.63, 3.8) is 0 Å². The molecule has 0 amide bonds. The largest absolute Gasteiger partial charge is 0.376 e. The van der Waals surface area contributed by atoms with Crippen LogP contribution in [0.2, 0.25) is 0 Å². The van der Waals surface area contributed by atoms with Crippen LogP contribution in [-0.2, 0) is 0 Å². The Balaban J connectivity index is 2.14. The lowest BCUT2D eigenvalue weighted by Gasteiger charge is -2.16. The van der Waals surface area contributed by atoms with Crippen LogP contribution in [0.25, 0.3) is 0 Å². The molecule has 4 heteroatoms. The number of benzene rings is 1. The molecule has 1 aromatic rings. The predicted octanol–water partition coefficient (Wildman–Crippen LogP) is 1.86. The fraction of sp³-hybridized carbons (Fsp3) is 0.364. The second kappa shape index (κ2) is 4.14. The van der Waals surface area contributed by atoms with Crippen LogP contribution in [0.4, 0.5) is 4.39 Å². The molecule has 2 nitrogen and oxygen atoms in total. The average molecular weight is 224 g/mol. The minimum Gasteiger partial charge on any atom is -0.376 e. The SMILES string of the molecule is NC(=S)N1CCC(c2ccccc2F)C1. The zero-order chi connectivity index (χ0) is 10.8. The number of rotatable bonds is 1. The van der Waals surface area contributed by atoms with Gasteiger partial charge >= 0.3 is 0 Å². The topological polar surface area (TPSA) is 29.3 Å². The highest BCUT2D eigenvalue weighted by Gasteiger charge is 2.26. The van der Waals surface area contributed by atoms with Gasteiger partial charge in [-0.3, -0.25) is 0 Å². The summed E-state index contributed by atoms with van der Waals surface area (Å²) in [6.07, 6.45) is 0.915. The van der Waals surface area contributed by atoms with E-state index in [4.69, 9.17) is 18.0 Å². The third-order valence-electron chi connectivity index (χ3n) is 2.84. The first-order chi connectivity index (χ1) is 7.18. The molecule has 0 radical (unpaired) electrons. The number of likely N-dealkylation sites (tertiary alicyclic amines) is 1. The lowest BCUT2D eigenvalue weighted by molar-refractivity contribution is 0.508. The minimum absolute atomic E-state index is 0.132. The average Bonchev–Trinajstić information content (AvgIpc) is 2.67. The van der Waals surface area contributed by atoms with Crippen LogP contribution in [-0.4, -0.2) is 23.1 Å². The maximum Gasteiger partial charge on any atom is 0.166 e. The Bertz CT molecular complexity index is 381. The number of thiocarbonyl (C=S) groups is 1. The zero-order valence-corrected chi connectivity index (χ0v) is 9.14. The van der Waals surface area contributed by atoms with E-state index < -0.39 is 0 Å². The van der Waals surface area contributed by atoms with Gasteiger partial charge in [0, 0.05) is 19.0 Å². The lowest BCUT2D eigenvalue weighted by Crippen LogP contribution is -2.33. The molecule has 1 aliphatic rings. The van der Waals surface area contributed by atoms with Gasteiger partial charge < -0.3 is 10.6 Å². The molecule has 15 heavy (non-hydrogen) atoms. The van der Waals surface area contributed by atoms with E-state index in [1.807, 2.05) is 17.0 Å². The van der Waals surface area contributed by atoms with Gasteiger partial charge in [0.25, 0.3) is 0 Å². The summed E-state index contributed by atoms with van der Waals surface area (Å²) in [6, 6.07) is 6.91. The molecule has 2 N–H and O–H groups in total. The molecule has 1 aromatic carbocycles. The third kappa shape index (κ3) is 2.09. The van der Waals surface area contributed by atoms with Gasteiger partial charge in [-0.1, -0.05) is 18.2 Å². The quantitative estimate of drug-likeness (QED) is 0.738. The highest BCUT2D eigenvalue weighted by atomic mass is 32.1. The van der Waals surface area contributed by atoms with Crippen LogP contribution >= 0.6 is 12.2 Å². The smallest absolute Gasteiger partial charge is 0.166 e. The highest BCUT2D eigenvalue weighted by Crippen LogP contribution is 2.28. The Morgan fingerprint density at radius 1 is 1.47 bits per heavy atom. The predicted molar refractivity (Wildman–Crippen MR) is 62.1 cm³/mol. The lowest BCUT2D eigenvalue weighted by atomic mass is 9.98. The summed E-state index contributed by atoms with van der Waals surface area (Å²) in [5, 5.41) is 0.411. The van der Waals surface area contributed by atoms with Crippen molar-refractivity contribution in [2.75, 3.05) is 13.1 Å². The summed E-state index contributed by atoms with van der Waals surface area (Å²) in [7, 11) is 0. The number of halogens is 1. The first-order valence-corrected chi connectivity index (χ1v) is 5.38. The Morgan fingerprint density at radius 2 is 2.20 bits per heavy atom. The van der Waals surface area contributed by atoms with Gasteiger partial charge in [-0.05, 0) is 30.3 Å². The fourth-order valence-electron chi connectivity index (χ4n) is 2.02. The summed E-state index contributed by atoms with van der Waals surface area (Å²) in [6.45, 7) is 1.56. The molecule has 80 valence electrons. The third-order valence-corrected chi connectivity index (χ3v) is 3.10. The van der Waals surface area contributed by atoms with Gasteiger partial charge in [0.15, 0.2) is 5.11 Å². The van der Waals surface area contributed by atoms with Gasteiger partial charge in [-0.2, -0.15) is 0 Å². The van der Waals surface area contributed by atoms with Crippen molar-refractivity contribution in [2.24, 2.45) is 5.73 Å². The Kier molecular flexibility index (Phi) is 2.86. The molecular weight excluding hydrogens is 211 g/mol. The van der Waals surface area contributed by atoms with Crippen molar-refractivity contribution in [1.82, 2.24) is 4.90 Å². The number of nitrogens with zero attached hydrogens (tertiary/aromatic N) is 1. The molecule has 0 bridgehead atoms. The summed E-state index contributed by atoms with van der Waals surface area (Å²) in [5.74, 6) is 0.0833. The Labute approximate surface area is 93.9 Å². The van der Waals surface area contributed by atoms with Crippen molar-refractivity contribution in [1.29, 1.82) is 0 Å². The number of nitrogens with two attached hydrogens (primary N) is 1. The monoisotopic (exact) mass is 224 g/mol. The maximum atomic E-state index is 13.5. The molecule has 1 aliphatic heterocycles. The molecule has 0 spiro atoms. The van der Waals surface area contributed by atoms with E-state index in [0.29, 0.717) is 5.11 Å². The molecule has 1 saturated heterocycles. The molecule has 0 saturated carbocycles. The second-order valence-electron chi connectivity index (χ2n) is 3.79. The molecular formula is C11H13FN2S. The van der Waals surface area contributed by atoms with Crippen LogP contribution in [0.3, 0.4) is 0 Å². The van der Waals surface area contributed by atoms with Crippen LogP contribution in [0.1, 0.15) is 17.9 Å². The van der Waals surface area contributed by atoms with Gasteiger partial charge in [-0.15, -0.1) is 0 Å². The summed E-state index contributed by atoms with van der Waals surface area (Å²) in [4.78, 5) is 1.92. The van der Waals surface area contributed by atoms with E-state index in [-0.39, 0.29) is 11.7 Å². The van der Waals surface area contributed by atoms with E-state index in [1.54, 1.807) is 6.07 Å². The van der Waals surface area contributed by atoms with E-state index in [1.165, 1.54) is 6.07 Å². The molecule has 1 atom stereocenters. The molecule has 1 unspecified atom stereocenters. The first kappa shape index (κ1) is 10.4. The molecule has 1 fully saturated rings. The summed E-state index contributed by atoms with van der Waals surface area (Å²) >= 11 is 4.90. The molecule has 0 aromatic heterocycles. The normalized spacial score (nSPS) is 20.6. The molecule has 0 aliphatic carbocycles. The van der Waals surface area contributed by atoms with Crippen LogP contribution in [0.15, 0.2) is 24.3 Å². The van der Waals surface area contributed by atoms with Gasteiger partial charge in [0.05, 0.1) is 0 Å². The molecule has 2 rings (SSSR count). The molecule has 1 heterocycles. The highest BCUT2D eigenvalue weighted by molar-refractivity contribution is 7.80. The minimum atomic E-state index is -0.132. The van der Waals surface area contributed by atoms with Crippen LogP contribution in [0.5, 0.6) is 0 Å². The van der Waals surface area contributed by atoms with Gasteiger partial charge in [0.2, 0.25) is 0 Å². The van der Waals surface area contributed by atoms with Gasteiger partial charge in [-0.25, -0.2) is 4.39 Å². The standard InChI is InChI=1S/C11H13FN2S/c12-10-4-2-1-3-9(10)8-5-6-14(7-8)11(13)15/h1-4,8H,5-7H2,(H2,13,15). The first-order valence-electron chi connectivity index (χ1n) is 4.97. The summed E-state index contributed by atoms with van der Waals surface area (Å²) < 4.78 is 13.5. The van der Waals surface area contributed by atoms with E-state index >= 15 is 0 Å². The van der Waals surface area contributed by atoms with Crippen molar-refractivity contribution in [2.45, 2.75) is 12.3 Å². The maximum absolute atomic E-state index is 13.5. The van der Waals surface area contributed by atoms with Crippen LogP contribution in [0, 0.1) is 5.82 Å². The number of hydrogen-bond acceptors (Lipinski definition) is 1. The van der Waals surface area contributed by atoms with Crippen molar-refractivity contribution >= 4 is 17.3 Å². The second-order valence-corrected chi connectivity index (χ2v) is 4.21. The zero-order valence-electron chi connectivity index (χ0n) is 8.32. The number of hydrogen-bond donors (Lipinski definition) is 1. The van der Waals surface area contributed by atoms with E-state index in [2.05, 4.69) is 0 Å². The van der Waals surface area contributed by atoms with E-state index in [0.717, 1.165) is 25.1 Å². The van der Waals surface area contributed by atoms with E-state index in [9.17, 15) is 4.39 Å². The van der Waals surface area contributed by atoms with Crippen LogP contribution < -0.4 is 5.73 Å². The van der Waals surface area contributed by atoms with Crippen molar-refractivity contribution in [3.8, 4) is 0 Å². The summed E-state index contributed by atoms with van der Waals surface area (Å²) in [5.41, 5.74) is 6.31.